The first-order valence-corrected chi connectivity index (χ1v) is 11.9. The normalized spacial score (nSPS) is 23.1. The minimum Gasteiger partial charge on any atom is -0.383 e. The maximum absolute atomic E-state index is 6.27. The van der Waals surface area contributed by atoms with E-state index in [4.69, 9.17) is 15.5 Å². The summed E-state index contributed by atoms with van der Waals surface area (Å²) in [6, 6.07) is 3.04. The molecule has 4 heterocycles. The number of hydrogen-bond donors (Lipinski definition) is 2. The quantitative estimate of drug-likeness (QED) is 0.570. The highest BCUT2D eigenvalue weighted by molar-refractivity contribution is 9.10. The summed E-state index contributed by atoms with van der Waals surface area (Å²) >= 11 is 4.90. The van der Waals surface area contributed by atoms with Crippen LogP contribution in [-0.4, -0.2) is 67.8 Å². The average molecular weight is 493 g/mol. The van der Waals surface area contributed by atoms with Crippen LogP contribution >= 0.6 is 27.5 Å². The Hall–Kier alpha value is -1.82. The molecular weight excluding hydrogens is 468 g/mol. The van der Waals surface area contributed by atoms with E-state index in [1.165, 1.54) is 11.5 Å². The van der Waals surface area contributed by atoms with E-state index in [-0.39, 0.29) is 0 Å². The van der Waals surface area contributed by atoms with Gasteiger partial charge in [0.1, 0.15) is 15.4 Å². The zero-order chi connectivity index (χ0) is 20.7. The summed E-state index contributed by atoms with van der Waals surface area (Å²) in [6.07, 6.45) is 4.47. The summed E-state index contributed by atoms with van der Waals surface area (Å²) in [6.45, 7) is 5.78. The summed E-state index contributed by atoms with van der Waals surface area (Å²) in [7, 11) is 0. The number of fused-ring (bicyclic) bond motifs is 1. The van der Waals surface area contributed by atoms with Crippen LogP contribution in [0.2, 0.25) is 0 Å². The van der Waals surface area contributed by atoms with Crippen molar-refractivity contribution in [1.29, 1.82) is 0 Å². The van der Waals surface area contributed by atoms with E-state index in [0.29, 0.717) is 34.1 Å². The number of nitrogens with one attached hydrogen (secondary N) is 1. The summed E-state index contributed by atoms with van der Waals surface area (Å²) in [5.41, 5.74) is 7.91. The molecule has 1 saturated heterocycles. The molecule has 3 aromatic heterocycles. The number of nitrogens with zero attached hydrogens (tertiary/aromatic N) is 6. The molecule has 5 rings (SSSR count). The van der Waals surface area contributed by atoms with Gasteiger partial charge in [0.2, 0.25) is 5.95 Å². The van der Waals surface area contributed by atoms with Crippen molar-refractivity contribution >= 4 is 55.3 Å². The van der Waals surface area contributed by atoms with Gasteiger partial charge in [-0.05, 0) is 66.1 Å². The number of anilines is 3. The monoisotopic (exact) mass is 492 g/mol. The van der Waals surface area contributed by atoms with Gasteiger partial charge in [0, 0.05) is 25.2 Å². The zero-order valence-corrected chi connectivity index (χ0v) is 19.2. The molecule has 0 atom stereocenters. The smallest absolute Gasteiger partial charge is 0.234 e. The Morgan fingerprint density at radius 3 is 2.70 bits per heavy atom. The Kier molecular flexibility index (Phi) is 5.61. The molecule has 1 aliphatic carbocycles. The Labute approximate surface area is 187 Å². The Morgan fingerprint density at radius 2 is 2.00 bits per heavy atom. The number of H-pyrrole nitrogens is 1. The fourth-order valence-electron chi connectivity index (χ4n) is 4.55. The average Bonchev–Trinajstić information content (AvgIpc) is 3.35. The number of hydrogen-bond acceptors (Lipinski definition) is 9. The maximum Gasteiger partial charge on any atom is 0.234 e. The zero-order valence-electron chi connectivity index (χ0n) is 16.8. The number of aromatic amines is 1. The molecule has 1 aliphatic heterocycles. The molecule has 0 spiro atoms. The van der Waals surface area contributed by atoms with Crippen LogP contribution in [0.1, 0.15) is 31.4 Å². The molecule has 2 aliphatic rings. The molecular formula is C19H25BrN8OS. The van der Waals surface area contributed by atoms with Crippen molar-refractivity contribution in [3.8, 4) is 0 Å². The fourth-order valence-corrected chi connectivity index (χ4v) is 5.86. The molecule has 1 saturated carbocycles. The van der Waals surface area contributed by atoms with Crippen molar-refractivity contribution in [2.24, 2.45) is 0 Å². The van der Waals surface area contributed by atoms with Gasteiger partial charge in [0.05, 0.1) is 24.3 Å². The van der Waals surface area contributed by atoms with Crippen molar-refractivity contribution in [2.75, 3.05) is 36.9 Å². The second kappa shape index (κ2) is 8.37. The first-order chi connectivity index (χ1) is 14.6. The van der Waals surface area contributed by atoms with Crippen molar-refractivity contribution in [3.63, 3.8) is 0 Å². The lowest BCUT2D eigenvalue weighted by Gasteiger charge is -2.41. The van der Waals surface area contributed by atoms with E-state index < -0.39 is 0 Å². The van der Waals surface area contributed by atoms with E-state index in [2.05, 4.69) is 51.4 Å². The molecule has 0 bridgehead atoms. The van der Waals surface area contributed by atoms with Gasteiger partial charge >= 0.3 is 0 Å². The Morgan fingerprint density at radius 1 is 1.23 bits per heavy atom. The third-order valence-corrected chi connectivity index (χ3v) is 7.51. The number of aromatic nitrogens is 5. The Bertz CT molecular complexity index is 1020. The molecule has 0 amide bonds. The molecule has 3 aromatic rings. The predicted octanol–water partition coefficient (Wildman–Crippen LogP) is 3.24. The van der Waals surface area contributed by atoms with Gasteiger partial charge < -0.3 is 10.5 Å². The highest BCUT2D eigenvalue weighted by Gasteiger charge is 2.33. The highest BCUT2D eigenvalue weighted by atomic mass is 79.9. The largest absolute Gasteiger partial charge is 0.383 e. The second-order valence-corrected chi connectivity index (χ2v) is 9.47. The van der Waals surface area contributed by atoms with E-state index in [9.17, 15) is 0 Å². The molecule has 0 unspecified atom stereocenters. The third-order valence-electron chi connectivity index (χ3n) is 6.05. The lowest BCUT2D eigenvalue weighted by Crippen LogP contribution is -2.47. The highest BCUT2D eigenvalue weighted by Crippen LogP contribution is 2.37. The molecule has 0 aromatic carbocycles. The van der Waals surface area contributed by atoms with E-state index in [0.717, 1.165) is 68.1 Å². The third kappa shape index (κ3) is 3.79. The lowest BCUT2D eigenvalue weighted by atomic mass is 9.89. The fraction of sp³-hybridized carbons (Fsp3) is 0.579. The van der Waals surface area contributed by atoms with Crippen LogP contribution in [-0.2, 0) is 4.74 Å². The number of rotatable bonds is 4. The number of aryl methyl sites for hydroxylation is 1. The van der Waals surface area contributed by atoms with E-state index in [1.807, 2.05) is 6.92 Å². The van der Waals surface area contributed by atoms with Crippen LogP contribution in [0.25, 0.3) is 11.0 Å². The van der Waals surface area contributed by atoms with Crippen LogP contribution in [0.15, 0.2) is 10.7 Å². The second-order valence-electron chi connectivity index (χ2n) is 7.93. The Balaban J connectivity index is 1.44. The minimum atomic E-state index is 0.311. The van der Waals surface area contributed by atoms with Gasteiger partial charge in [-0.25, -0.2) is 0 Å². The number of morpholine rings is 1. The van der Waals surface area contributed by atoms with Crippen molar-refractivity contribution in [1.82, 2.24) is 29.4 Å². The van der Waals surface area contributed by atoms with Gasteiger partial charge in [0.25, 0.3) is 0 Å². The van der Waals surface area contributed by atoms with Gasteiger partial charge in [-0.2, -0.15) is 19.4 Å². The molecule has 11 heteroatoms. The first kappa shape index (κ1) is 20.1. The maximum atomic E-state index is 6.27. The van der Waals surface area contributed by atoms with Crippen LogP contribution in [0.4, 0.5) is 16.8 Å². The summed E-state index contributed by atoms with van der Waals surface area (Å²) < 4.78 is 10.7. The molecule has 3 N–H and O–H groups in total. The van der Waals surface area contributed by atoms with E-state index >= 15 is 0 Å². The number of halogens is 1. The van der Waals surface area contributed by atoms with Crippen molar-refractivity contribution in [3.05, 3.63) is 16.4 Å². The molecule has 0 radical (unpaired) electrons. The summed E-state index contributed by atoms with van der Waals surface area (Å²) in [5.74, 6) is 1.03. The van der Waals surface area contributed by atoms with Gasteiger partial charge in [-0.3, -0.25) is 14.9 Å². The van der Waals surface area contributed by atoms with Crippen molar-refractivity contribution < 1.29 is 4.74 Å². The van der Waals surface area contributed by atoms with Gasteiger partial charge in [-0.15, -0.1) is 0 Å². The molecule has 160 valence electrons. The summed E-state index contributed by atoms with van der Waals surface area (Å²) in [5, 5.41) is 8.89. The lowest BCUT2D eigenvalue weighted by molar-refractivity contribution is 0.00748. The molecule has 9 nitrogen and oxygen atoms in total. The van der Waals surface area contributed by atoms with Crippen LogP contribution < -0.4 is 10.6 Å². The first-order valence-electron chi connectivity index (χ1n) is 10.3. The minimum absolute atomic E-state index is 0.311. The SMILES string of the molecule is Cc1cc(N(c2nc(N)c3c(Br)n[nH]c3n2)C2CCC(N3CCOCC3)CC2)sn1. The van der Waals surface area contributed by atoms with Gasteiger partial charge in [0.15, 0.2) is 5.65 Å². The van der Waals surface area contributed by atoms with Crippen LogP contribution in [0.3, 0.4) is 0 Å². The predicted molar refractivity (Wildman–Crippen MR) is 121 cm³/mol. The van der Waals surface area contributed by atoms with Crippen LogP contribution in [0.5, 0.6) is 0 Å². The van der Waals surface area contributed by atoms with E-state index in [1.54, 1.807) is 0 Å². The van der Waals surface area contributed by atoms with Gasteiger partial charge in [-0.1, -0.05) is 0 Å². The number of ether oxygens (including phenoxy) is 1. The molecule has 2 fully saturated rings. The van der Waals surface area contributed by atoms with Crippen molar-refractivity contribution in [2.45, 2.75) is 44.7 Å². The number of nitrogens with two attached hydrogens (primary N) is 1. The summed E-state index contributed by atoms with van der Waals surface area (Å²) in [4.78, 5) is 14.2. The standard InChI is InChI=1S/C19H25BrN8OS/c1-11-10-14(30-26-11)28(19-22-17(21)15-16(20)24-25-18(15)23-19)13-4-2-12(3-5-13)27-6-8-29-9-7-27/h10,12-13H,2-9H2,1H3,(H3,21,22,23,24,25). The number of nitrogen functional groups attached to an aromatic ring is 1. The topological polar surface area (TPSA) is 109 Å². The van der Waals surface area contributed by atoms with Crippen LogP contribution in [0, 0.1) is 6.92 Å². The molecule has 30 heavy (non-hydrogen) atoms.